The van der Waals surface area contributed by atoms with E-state index in [0.29, 0.717) is 6.42 Å². The number of nitrogens with one attached hydrogen (secondary N) is 1. The largest absolute Gasteiger partial charge is 0.355 e. The van der Waals surface area contributed by atoms with Crippen molar-refractivity contribution in [1.82, 2.24) is 5.32 Å². The number of hydrogen-bond acceptors (Lipinski definition) is 2. The molecular formula is C13H14F2N2O. The van der Waals surface area contributed by atoms with Crippen molar-refractivity contribution in [1.29, 1.82) is 5.26 Å². The van der Waals surface area contributed by atoms with Crippen LogP contribution in [-0.4, -0.2) is 12.5 Å². The molecule has 0 saturated heterocycles. The van der Waals surface area contributed by atoms with Crippen molar-refractivity contribution in [3.8, 4) is 6.07 Å². The van der Waals surface area contributed by atoms with Crippen LogP contribution in [-0.2, 0) is 11.2 Å². The number of carbonyl (C=O) groups is 1. The van der Waals surface area contributed by atoms with Crippen LogP contribution in [0.1, 0.15) is 18.9 Å². The molecule has 1 unspecified atom stereocenters. The topological polar surface area (TPSA) is 52.9 Å². The Kier molecular flexibility index (Phi) is 5.25. The molecule has 0 saturated carbocycles. The molecule has 0 heterocycles. The van der Waals surface area contributed by atoms with Gasteiger partial charge in [-0.05, 0) is 36.6 Å². The second-order valence-electron chi connectivity index (χ2n) is 3.87. The van der Waals surface area contributed by atoms with Gasteiger partial charge in [-0.15, -0.1) is 0 Å². The van der Waals surface area contributed by atoms with Crippen LogP contribution < -0.4 is 5.32 Å². The van der Waals surface area contributed by atoms with Gasteiger partial charge in [0.05, 0.1) is 6.07 Å². The van der Waals surface area contributed by atoms with E-state index in [2.05, 4.69) is 5.32 Å². The van der Waals surface area contributed by atoms with E-state index in [0.717, 1.165) is 18.2 Å². The smallest absolute Gasteiger partial charge is 0.237 e. The van der Waals surface area contributed by atoms with E-state index < -0.39 is 17.6 Å². The van der Waals surface area contributed by atoms with Gasteiger partial charge in [-0.1, -0.05) is 6.92 Å². The van der Waals surface area contributed by atoms with E-state index >= 15 is 0 Å². The van der Waals surface area contributed by atoms with Crippen molar-refractivity contribution in [2.75, 3.05) is 6.54 Å². The molecule has 96 valence electrons. The first-order valence-electron chi connectivity index (χ1n) is 5.69. The maximum atomic E-state index is 13.3. The van der Waals surface area contributed by atoms with Crippen molar-refractivity contribution in [2.24, 2.45) is 5.92 Å². The van der Waals surface area contributed by atoms with E-state index in [1.54, 1.807) is 6.92 Å². The maximum absolute atomic E-state index is 13.3. The van der Waals surface area contributed by atoms with Gasteiger partial charge in [-0.3, -0.25) is 4.79 Å². The number of nitrogens with zero attached hydrogens (tertiary/aromatic N) is 1. The van der Waals surface area contributed by atoms with E-state index in [4.69, 9.17) is 5.26 Å². The zero-order chi connectivity index (χ0) is 13.5. The lowest BCUT2D eigenvalue weighted by Crippen LogP contribution is -2.31. The Morgan fingerprint density at radius 3 is 2.83 bits per heavy atom. The first kappa shape index (κ1) is 14.1. The highest BCUT2D eigenvalue weighted by molar-refractivity contribution is 5.80. The number of hydrogen-bond donors (Lipinski definition) is 1. The third-order valence-electron chi connectivity index (χ3n) is 2.58. The molecule has 0 spiro atoms. The Morgan fingerprint density at radius 1 is 1.50 bits per heavy atom. The van der Waals surface area contributed by atoms with Crippen LogP contribution in [0.2, 0.25) is 0 Å². The van der Waals surface area contributed by atoms with Gasteiger partial charge >= 0.3 is 0 Å². The molecule has 1 aromatic rings. The van der Waals surface area contributed by atoms with Gasteiger partial charge in [0.25, 0.3) is 0 Å². The Morgan fingerprint density at radius 2 is 2.22 bits per heavy atom. The summed E-state index contributed by atoms with van der Waals surface area (Å²) in [4.78, 5) is 11.4. The van der Waals surface area contributed by atoms with Crippen LogP contribution in [0.15, 0.2) is 18.2 Å². The molecule has 0 fully saturated rings. The summed E-state index contributed by atoms with van der Waals surface area (Å²) in [5.41, 5.74) is 0.209. The fourth-order valence-electron chi connectivity index (χ4n) is 1.51. The third kappa shape index (κ3) is 3.81. The predicted octanol–water partition coefficient (Wildman–Crippen LogP) is 2.17. The molecule has 1 rings (SSSR count). The van der Waals surface area contributed by atoms with Gasteiger partial charge in [0, 0.05) is 6.54 Å². The van der Waals surface area contributed by atoms with Crippen LogP contribution in [0.5, 0.6) is 0 Å². The van der Waals surface area contributed by atoms with E-state index in [1.165, 1.54) is 0 Å². The van der Waals surface area contributed by atoms with Crippen molar-refractivity contribution in [3.63, 3.8) is 0 Å². The normalized spacial score (nSPS) is 11.7. The Labute approximate surface area is 104 Å². The minimum Gasteiger partial charge on any atom is -0.355 e. The van der Waals surface area contributed by atoms with Crippen molar-refractivity contribution in [2.45, 2.75) is 19.8 Å². The number of carbonyl (C=O) groups excluding carboxylic acids is 1. The summed E-state index contributed by atoms with van der Waals surface area (Å²) >= 11 is 0. The highest BCUT2D eigenvalue weighted by atomic mass is 19.1. The SMILES string of the molecule is CCC(C#N)C(=O)NCCc1cc(F)ccc1F. The lowest BCUT2D eigenvalue weighted by molar-refractivity contribution is -0.123. The third-order valence-corrected chi connectivity index (χ3v) is 2.58. The molecule has 5 heteroatoms. The first-order chi connectivity index (χ1) is 8.58. The van der Waals surface area contributed by atoms with Crippen LogP contribution in [0.25, 0.3) is 0 Å². The van der Waals surface area contributed by atoms with Crippen molar-refractivity contribution < 1.29 is 13.6 Å². The standard InChI is InChI=1S/C13H14F2N2O/c1-2-9(8-16)13(18)17-6-5-10-7-11(14)3-4-12(10)15/h3-4,7,9H,2,5-6H2,1H3,(H,17,18). The molecule has 0 radical (unpaired) electrons. The highest BCUT2D eigenvalue weighted by Gasteiger charge is 2.14. The molecular weight excluding hydrogens is 238 g/mol. The Hall–Kier alpha value is -1.96. The molecule has 18 heavy (non-hydrogen) atoms. The molecule has 1 aromatic carbocycles. The summed E-state index contributed by atoms with van der Waals surface area (Å²) in [6, 6.07) is 5.07. The average molecular weight is 252 g/mol. The quantitative estimate of drug-likeness (QED) is 0.873. The summed E-state index contributed by atoms with van der Waals surface area (Å²) in [6.45, 7) is 1.91. The lowest BCUT2D eigenvalue weighted by atomic mass is 10.1. The number of nitriles is 1. The molecule has 1 amide bonds. The molecule has 0 aliphatic heterocycles. The average Bonchev–Trinajstić information content (AvgIpc) is 2.35. The summed E-state index contributed by atoms with van der Waals surface area (Å²) in [7, 11) is 0. The summed E-state index contributed by atoms with van der Waals surface area (Å²) in [5, 5.41) is 11.2. The molecule has 1 atom stereocenters. The monoisotopic (exact) mass is 252 g/mol. The van der Waals surface area contributed by atoms with E-state index in [1.807, 2.05) is 6.07 Å². The van der Waals surface area contributed by atoms with Crippen molar-refractivity contribution in [3.05, 3.63) is 35.4 Å². The predicted molar refractivity (Wildman–Crippen MR) is 62.5 cm³/mol. The second kappa shape index (κ2) is 6.70. The zero-order valence-electron chi connectivity index (χ0n) is 10.0. The lowest BCUT2D eigenvalue weighted by Gasteiger charge is -2.08. The Balaban J connectivity index is 2.49. The van der Waals surface area contributed by atoms with Gasteiger partial charge in [0.1, 0.15) is 17.6 Å². The number of halogens is 2. The highest BCUT2D eigenvalue weighted by Crippen LogP contribution is 2.10. The van der Waals surface area contributed by atoms with Gasteiger partial charge in [0.2, 0.25) is 5.91 Å². The first-order valence-corrected chi connectivity index (χ1v) is 5.69. The van der Waals surface area contributed by atoms with Gasteiger partial charge in [-0.25, -0.2) is 8.78 Å². The minimum absolute atomic E-state index is 0.178. The molecule has 0 aliphatic rings. The van der Waals surface area contributed by atoms with E-state index in [9.17, 15) is 13.6 Å². The van der Waals surface area contributed by atoms with Crippen LogP contribution in [0.3, 0.4) is 0 Å². The van der Waals surface area contributed by atoms with Gasteiger partial charge in [0.15, 0.2) is 0 Å². The second-order valence-corrected chi connectivity index (χ2v) is 3.87. The van der Waals surface area contributed by atoms with Gasteiger partial charge in [-0.2, -0.15) is 5.26 Å². The molecule has 0 aliphatic carbocycles. The summed E-state index contributed by atoms with van der Waals surface area (Å²) in [5.74, 6) is -2.08. The van der Waals surface area contributed by atoms with Crippen LogP contribution in [0.4, 0.5) is 8.78 Å². The maximum Gasteiger partial charge on any atom is 0.237 e. The molecule has 1 N–H and O–H groups in total. The minimum atomic E-state index is -0.692. The number of amides is 1. The fraction of sp³-hybridized carbons (Fsp3) is 0.385. The van der Waals surface area contributed by atoms with Gasteiger partial charge < -0.3 is 5.32 Å². The molecule has 3 nitrogen and oxygen atoms in total. The van der Waals surface area contributed by atoms with Crippen molar-refractivity contribution >= 4 is 5.91 Å². The molecule has 0 bridgehead atoms. The van der Waals surface area contributed by atoms with Crippen LogP contribution in [0, 0.1) is 28.9 Å². The number of rotatable bonds is 5. The fourth-order valence-corrected chi connectivity index (χ4v) is 1.51. The number of benzene rings is 1. The summed E-state index contributed by atoms with van der Waals surface area (Å²) < 4.78 is 26.1. The zero-order valence-corrected chi connectivity index (χ0v) is 10.0. The van der Waals surface area contributed by atoms with E-state index in [-0.39, 0.29) is 24.4 Å². The van der Waals surface area contributed by atoms with Crippen LogP contribution >= 0.6 is 0 Å². The molecule has 0 aromatic heterocycles. The Bertz CT molecular complexity index is 469. The summed E-state index contributed by atoms with van der Waals surface area (Å²) in [6.07, 6.45) is 0.619.